The van der Waals surface area contributed by atoms with Crippen molar-refractivity contribution in [3.63, 3.8) is 0 Å². The molecule has 2 N–H and O–H groups in total. The van der Waals surface area contributed by atoms with Crippen LogP contribution in [0.15, 0.2) is 0 Å². The van der Waals surface area contributed by atoms with Crippen molar-refractivity contribution in [1.29, 1.82) is 0 Å². The van der Waals surface area contributed by atoms with Gasteiger partial charge in [-0.3, -0.25) is 4.79 Å². The Kier molecular flexibility index (Phi) is 10.2. The molecule has 0 atom stereocenters. The molecule has 0 aliphatic rings. The molecular weight excluding hydrogens is 216 g/mol. The fourth-order valence-corrected chi connectivity index (χ4v) is 1.67. The molecule has 0 bridgehead atoms. The summed E-state index contributed by atoms with van der Waals surface area (Å²) in [7, 11) is 0. The second-order valence-corrected chi connectivity index (χ2v) is 4.68. The zero-order valence-electron chi connectivity index (χ0n) is 11.6. The van der Waals surface area contributed by atoms with Crippen molar-refractivity contribution in [1.82, 2.24) is 4.90 Å². The van der Waals surface area contributed by atoms with E-state index in [1.807, 2.05) is 11.8 Å². The molecular formula is C13H28N2O2. The Labute approximate surface area is 105 Å². The molecule has 0 aliphatic heterocycles. The highest BCUT2D eigenvalue weighted by Gasteiger charge is 2.13. The molecule has 0 spiro atoms. The molecule has 4 nitrogen and oxygen atoms in total. The molecule has 0 rings (SSSR count). The van der Waals surface area contributed by atoms with Gasteiger partial charge in [0.25, 0.3) is 0 Å². The number of carbonyl (C=O) groups excluding carboxylic acids is 1. The molecule has 4 heteroatoms. The number of hydrogen-bond acceptors (Lipinski definition) is 3. The minimum Gasteiger partial charge on any atom is -0.382 e. The molecule has 0 aromatic rings. The van der Waals surface area contributed by atoms with Crippen LogP contribution in [0.2, 0.25) is 0 Å². The van der Waals surface area contributed by atoms with Crippen LogP contribution >= 0.6 is 0 Å². The molecule has 0 saturated heterocycles. The number of ether oxygens (including phenoxy) is 1. The van der Waals surface area contributed by atoms with Crippen molar-refractivity contribution in [2.75, 3.05) is 32.8 Å². The molecule has 0 saturated carbocycles. The lowest BCUT2D eigenvalue weighted by Gasteiger charge is -2.24. The average Bonchev–Trinajstić information content (AvgIpc) is 2.29. The van der Waals surface area contributed by atoms with Crippen molar-refractivity contribution in [3.05, 3.63) is 0 Å². The van der Waals surface area contributed by atoms with Gasteiger partial charge in [0.1, 0.15) is 0 Å². The average molecular weight is 244 g/mol. The summed E-state index contributed by atoms with van der Waals surface area (Å²) in [5.41, 5.74) is 5.49. The van der Waals surface area contributed by atoms with Gasteiger partial charge >= 0.3 is 0 Å². The third-order valence-electron chi connectivity index (χ3n) is 2.45. The Bertz CT molecular complexity index is 196. The number of hydrogen-bond donors (Lipinski definition) is 1. The highest BCUT2D eigenvalue weighted by Crippen LogP contribution is 2.04. The maximum absolute atomic E-state index is 12.0. The Morgan fingerprint density at radius 3 is 2.59 bits per heavy atom. The standard InChI is InChI=1S/C13H28N2O2/c1-4-17-10-5-7-13(16)15(9-6-8-14)11-12(2)3/h12H,4-11,14H2,1-3H3. The van der Waals surface area contributed by atoms with Crippen molar-refractivity contribution in [2.24, 2.45) is 11.7 Å². The van der Waals surface area contributed by atoms with Gasteiger partial charge in [0, 0.05) is 32.7 Å². The maximum Gasteiger partial charge on any atom is 0.222 e. The van der Waals surface area contributed by atoms with Crippen LogP contribution in [-0.4, -0.2) is 43.7 Å². The molecule has 0 aliphatic carbocycles. The van der Waals surface area contributed by atoms with Crippen molar-refractivity contribution < 1.29 is 9.53 Å². The zero-order valence-corrected chi connectivity index (χ0v) is 11.6. The van der Waals surface area contributed by atoms with Crippen molar-refractivity contribution in [2.45, 2.75) is 40.0 Å². The van der Waals surface area contributed by atoms with Gasteiger partial charge in [-0.1, -0.05) is 13.8 Å². The smallest absolute Gasteiger partial charge is 0.222 e. The van der Waals surface area contributed by atoms with E-state index >= 15 is 0 Å². The Hall–Kier alpha value is -0.610. The first kappa shape index (κ1) is 16.4. The Morgan fingerprint density at radius 2 is 2.06 bits per heavy atom. The topological polar surface area (TPSA) is 55.6 Å². The summed E-state index contributed by atoms with van der Waals surface area (Å²) in [4.78, 5) is 13.9. The van der Waals surface area contributed by atoms with Crippen LogP contribution in [0.1, 0.15) is 40.0 Å². The molecule has 1 amide bonds. The van der Waals surface area contributed by atoms with E-state index < -0.39 is 0 Å². The van der Waals surface area contributed by atoms with E-state index in [1.54, 1.807) is 0 Å². The summed E-state index contributed by atoms with van der Waals surface area (Å²) in [6, 6.07) is 0. The quantitative estimate of drug-likeness (QED) is 0.594. The van der Waals surface area contributed by atoms with Crippen LogP contribution in [0.3, 0.4) is 0 Å². The van der Waals surface area contributed by atoms with Crippen LogP contribution < -0.4 is 5.73 Å². The minimum atomic E-state index is 0.229. The van der Waals surface area contributed by atoms with Gasteiger partial charge in [0.05, 0.1) is 0 Å². The van der Waals surface area contributed by atoms with E-state index in [0.29, 0.717) is 25.5 Å². The van der Waals surface area contributed by atoms with Crippen LogP contribution in [-0.2, 0) is 9.53 Å². The molecule has 0 aromatic heterocycles. The highest BCUT2D eigenvalue weighted by molar-refractivity contribution is 5.76. The Balaban J connectivity index is 3.94. The van der Waals surface area contributed by atoms with Gasteiger partial charge in [0.15, 0.2) is 0 Å². The summed E-state index contributed by atoms with van der Waals surface area (Å²) in [6.07, 6.45) is 2.27. The molecule has 0 radical (unpaired) electrons. The molecule has 102 valence electrons. The molecule has 0 aromatic carbocycles. The highest BCUT2D eigenvalue weighted by atomic mass is 16.5. The second-order valence-electron chi connectivity index (χ2n) is 4.68. The zero-order chi connectivity index (χ0) is 13.1. The first-order chi connectivity index (χ1) is 8.11. The van der Waals surface area contributed by atoms with E-state index in [0.717, 1.165) is 32.5 Å². The first-order valence-electron chi connectivity index (χ1n) is 6.67. The van der Waals surface area contributed by atoms with Gasteiger partial charge in [-0.2, -0.15) is 0 Å². The molecule has 17 heavy (non-hydrogen) atoms. The molecule has 0 heterocycles. The summed E-state index contributed by atoms with van der Waals surface area (Å²) < 4.78 is 5.24. The number of nitrogens with two attached hydrogens (primary N) is 1. The van der Waals surface area contributed by atoms with Crippen molar-refractivity contribution >= 4 is 5.91 Å². The third-order valence-corrected chi connectivity index (χ3v) is 2.45. The minimum absolute atomic E-state index is 0.229. The lowest BCUT2D eigenvalue weighted by atomic mass is 10.2. The number of amides is 1. The van der Waals surface area contributed by atoms with Gasteiger partial charge in [-0.15, -0.1) is 0 Å². The fourth-order valence-electron chi connectivity index (χ4n) is 1.67. The predicted octanol–water partition coefficient (Wildman–Crippen LogP) is 1.64. The number of carbonyl (C=O) groups is 1. The number of rotatable bonds is 10. The summed E-state index contributed by atoms with van der Waals surface area (Å²) in [6.45, 7) is 9.86. The third kappa shape index (κ3) is 9.12. The SMILES string of the molecule is CCOCCCC(=O)N(CCCN)CC(C)C. The van der Waals surface area contributed by atoms with Crippen LogP contribution in [0, 0.1) is 5.92 Å². The largest absolute Gasteiger partial charge is 0.382 e. The van der Waals surface area contributed by atoms with E-state index in [4.69, 9.17) is 10.5 Å². The lowest BCUT2D eigenvalue weighted by Crippen LogP contribution is -2.35. The van der Waals surface area contributed by atoms with Gasteiger partial charge in [0.2, 0.25) is 5.91 Å². The van der Waals surface area contributed by atoms with E-state index in [1.165, 1.54) is 0 Å². The summed E-state index contributed by atoms with van der Waals surface area (Å²) in [5.74, 6) is 0.732. The van der Waals surface area contributed by atoms with Gasteiger partial charge in [-0.25, -0.2) is 0 Å². The van der Waals surface area contributed by atoms with E-state index in [9.17, 15) is 4.79 Å². The second kappa shape index (κ2) is 10.5. The molecule has 0 fully saturated rings. The summed E-state index contributed by atoms with van der Waals surface area (Å²) >= 11 is 0. The Morgan fingerprint density at radius 1 is 1.35 bits per heavy atom. The van der Waals surface area contributed by atoms with Crippen molar-refractivity contribution in [3.8, 4) is 0 Å². The van der Waals surface area contributed by atoms with Gasteiger partial charge < -0.3 is 15.4 Å². The lowest BCUT2D eigenvalue weighted by molar-refractivity contribution is -0.132. The van der Waals surface area contributed by atoms with E-state index in [-0.39, 0.29) is 5.91 Å². The van der Waals surface area contributed by atoms with Crippen LogP contribution in [0.4, 0.5) is 0 Å². The summed E-state index contributed by atoms with van der Waals surface area (Å²) in [5, 5.41) is 0. The van der Waals surface area contributed by atoms with Gasteiger partial charge in [-0.05, 0) is 32.2 Å². The first-order valence-corrected chi connectivity index (χ1v) is 6.67. The predicted molar refractivity (Wildman–Crippen MR) is 70.8 cm³/mol. The van der Waals surface area contributed by atoms with Crippen LogP contribution in [0.5, 0.6) is 0 Å². The van der Waals surface area contributed by atoms with E-state index in [2.05, 4.69) is 13.8 Å². The normalized spacial score (nSPS) is 10.9. The number of nitrogens with zero attached hydrogens (tertiary/aromatic N) is 1. The monoisotopic (exact) mass is 244 g/mol. The molecule has 0 unspecified atom stereocenters. The van der Waals surface area contributed by atoms with Crippen LogP contribution in [0.25, 0.3) is 0 Å². The maximum atomic E-state index is 12.0. The fraction of sp³-hybridized carbons (Fsp3) is 0.923.